The summed E-state index contributed by atoms with van der Waals surface area (Å²) in [6.45, 7) is 3.89. The minimum absolute atomic E-state index is 0.0723. The summed E-state index contributed by atoms with van der Waals surface area (Å²) in [6, 6.07) is 5.60. The van der Waals surface area contributed by atoms with Crippen LogP contribution >= 0.6 is 11.6 Å². The van der Waals surface area contributed by atoms with E-state index in [-0.39, 0.29) is 6.61 Å². The number of aliphatic hydroxyl groups is 1. The van der Waals surface area contributed by atoms with Crippen LogP contribution in [0.1, 0.15) is 0 Å². The molecule has 0 bridgehead atoms. The molecule has 0 atom stereocenters. The van der Waals surface area contributed by atoms with E-state index in [1.807, 2.05) is 18.2 Å². The molecule has 1 aliphatic heterocycles. The maximum atomic E-state index is 8.87. The van der Waals surface area contributed by atoms with Crippen LogP contribution in [0.5, 0.6) is 0 Å². The summed E-state index contributed by atoms with van der Waals surface area (Å²) in [6.07, 6.45) is 3.30. The Kier molecular flexibility index (Phi) is 5.09. The third-order valence-corrected chi connectivity index (χ3v) is 4.01. The molecule has 0 radical (unpaired) electrons. The van der Waals surface area contributed by atoms with Crippen molar-refractivity contribution in [1.29, 1.82) is 0 Å². The first-order valence-corrected chi connectivity index (χ1v) is 7.93. The second-order valence-electron chi connectivity index (χ2n) is 5.19. The van der Waals surface area contributed by atoms with Crippen LogP contribution in [0.3, 0.4) is 0 Å². The Morgan fingerprint density at radius 3 is 2.65 bits per heavy atom. The number of rotatable bonds is 5. The van der Waals surface area contributed by atoms with Gasteiger partial charge in [-0.25, -0.2) is 15.0 Å². The molecular formula is C15H19ClN6O. The molecular weight excluding hydrogens is 316 g/mol. The van der Waals surface area contributed by atoms with Gasteiger partial charge in [0.2, 0.25) is 0 Å². The van der Waals surface area contributed by atoms with Crippen LogP contribution in [0.25, 0.3) is 0 Å². The molecule has 0 spiro atoms. The van der Waals surface area contributed by atoms with Crippen LogP contribution < -0.4 is 15.1 Å². The van der Waals surface area contributed by atoms with Crippen molar-refractivity contribution in [3.8, 4) is 0 Å². The minimum Gasteiger partial charge on any atom is -0.395 e. The molecule has 0 aliphatic carbocycles. The first-order chi connectivity index (χ1) is 11.3. The van der Waals surface area contributed by atoms with E-state index in [2.05, 4.69) is 30.1 Å². The van der Waals surface area contributed by atoms with Gasteiger partial charge < -0.3 is 20.2 Å². The molecule has 3 heterocycles. The summed E-state index contributed by atoms with van der Waals surface area (Å²) in [4.78, 5) is 17.2. The molecule has 2 aromatic heterocycles. The minimum atomic E-state index is 0.0723. The largest absolute Gasteiger partial charge is 0.395 e. The summed E-state index contributed by atoms with van der Waals surface area (Å²) < 4.78 is 0. The van der Waals surface area contributed by atoms with Gasteiger partial charge in [0.15, 0.2) is 0 Å². The first kappa shape index (κ1) is 15.8. The average Bonchev–Trinajstić information content (AvgIpc) is 2.61. The van der Waals surface area contributed by atoms with Crippen molar-refractivity contribution in [3.63, 3.8) is 0 Å². The van der Waals surface area contributed by atoms with Crippen molar-refractivity contribution >= 4 is 29.1 Å². The maximum absolute atomic E-state index is 8.87. The molecule has 3 rings (SSSR count). The lowest BCUT2D eigenvalue weighted by atomic mass is 10.3. The van der Waals surface area contributed by atoms with Gasteiger partial charge in [-0.2, -0.15) is 0 Å². The van der Waals surface area contributed by atoms with Gasteiger partial charge in [-0.1, -0.05) is 11.6 Å². The highest BCUT2D eigenvalue weighted by Crippen LogP contribution is 2.24. The standard InChI is InChI=1S/C15H19ClN6O/c16-12-2-1-3-18-15(12)22-7-5-21(6-8-22)14-10-13(17-4-9-23)19-11-20-14/h1-3,10-11,23H,4-9H2,(H,17,19,20). The van der Waals surface area contributed by atoms with Gasteiger partial charge in [0.25, 0.3) is 0 Å². The molecule has 1 fully saturated rings. The number of hydrogen-bond acceptors (Lipinski definition) is 7. The lowest BCUT2D eigenvalue weighted by Crippen LogP contribution is -2.47. The van der Waals surface area contributed by atoms with E-state index in [0.717, 1.165) is 43.6 Å². The summed E-state index contributed by atoms with van der Waals surface area (Å²) in [5.74, 6) is 2.44. The van der Waals surface area contributed by atoms with Crippen molar-refractivity contribution in [2.75, 3.05) is 54.4 Å². The summed E-state index contributed by atoms with van der Waals surface area (Å²) in [7, 11) is 0. The fourth-order valence-corrected chi connectivity index (χ4v) is 2.80. The molecule has 0 amide bonds. The van der Waals surface area contributed by atoms with Crippen molar-refractivity contribution in [2.45, 2.75) is 0 Å². The van der Waals surface area contributed by atoms with E-state index < -0.39 is 0 Å². The normalized spacial score (nSPS) is 14.9. The lowest BCUT2D eigenvalue weighted by Gasteiger charge is -2.36. The quantitative estimate of drug-likeness (QED) is 0.852. The number of nitrogens with zero attached hydrogens (tertiary/aromatic N) is 5. The van der Waals surface area contributed by atoms with Crippen LogP contribution in [-0.2, 0) is 0 Å². The predicted molar refractivity (Wildman–Crippen MR) is 91.3 cm³/mol. The number of halogens is 1. The Morgan fingerprint density at radius 1 is 1.13 bits per heavy atom. The van der Waals surface area contributed by atoms with Crippen molar-refractivity contribution in [1.82, 2.24) is 15.0 Å². The van der Waals surface area contributed by atoms with E-state index in [9.17, 15) is 0 Å². The average molecular weight is 335 g/mol. The highest BCUT2D eigenvalue weighted by molar-refractivity contribution is 6.32. The monoisotopic (exact) mass is 334 g/mol. The highest BCUT2D eigenvalue weighted by Gasteiger charge is 2.20. The van der Waals surface area contributed by atoms with Gasteiger partial charge in [0.1, 0.15) is 23.8 Å². The van der Waals surface area contributed by atoms with Crippen LogP contribution in [0.4, 0.5) is 17.5 Å². The topological polar surface area (TPSA) is 77.4 Å². The number of pyridine rings is 1. The Bertz CT molecular complexity index is 647. The second kappa shape index (κ2) is 7.43. The molecule has 7 nitrogen and oxygen atoms in total. The van der Waals surface area contributed by atoms with E-state index in [1.165, 1.54) is 6.33 Å². The van der Waals surface area contributed by atoms with Gasteiger partial charge in [-0.05, 0) is 12.1 Å². The fourth-order valence-electron chi connectivity index (χ4n) is 2.56. The lowest BCUT2D eigenvalue weighted by molar-refractivity contribution is 0.311. The van der Waals surface area contributed by atoms with Gasteiger partial charge in [-0.15, -0.1) is 0 Å². The summed E-state index contributed by atoms with van der Waals surface area (Å²) >= 11 is 6.21. The van der Waals surface area contributed by atoms with Crippen molar-refractivity contribution in [3.05, 3.63) is 35.7 Å². The Hall–Kier alpha value is -2.12. The second-order valence-corrected chi connectivity index (χ2v) is 5.60. The zero-order valence-corrected chi connectivity index (χ0v) is 13.4. The Morgan fingerprint density at radius 2 is 1.91 bits per heavy atom. The fraction of sp³-hybridized carbons (Fsp3) is 0.400. The smallest absolute Gasteiger partial charge is 0.147 e. The third kappa shape index (κ3) is 3.80. The molecule has 0 aromatic carbocycles. The van der Waals surface area contributed by atoms with Crippen molar-refractivity contribution in [2.24, 2.45) is 0 Å². The van der Waals surface area contributed by atoms with Crippen LogP contribution in [0, 0.1) is 0 Å². The van der Waals surface area contributed by atoms with E-state index in [0.29, 0.717) is 11.6 Å². The molecule has 122 valence electrons. The SMILES string of the molecule is OCCNc1cc(N2CCN(c3ncccc3Cl)CC2)ncn1. The maximum Gasteiger partial charge on any atom is 0.147 e. The molecule has 23 heavy (non-hydrogen) atoms. The van der Waals surface area contributed by atoms with E-state index in [1.54, 1.807) is 6.20 Å². The van der Waals surface area contributed by atoms with Gasteiger partial charge >= 0.3 is 0 Å². The molecule has 2 N–H and O–H groups in total. The van der Waals surface area contributed by atoms with E-state index in [4.69, 9.17) is 16.7 Å². The van der Waals surface area contributed by atoms with Gasteiger partial charge in [-0.3, -0.25) is 0 Å². The Labute approximate surface area is 139 Å². The van der Waals surface area contributed by atoms with Crippen LogP contribution in [0.15, 0.2) is 30.7 Å². The highest BCUT2D eigenvalue weighted by atomic mass is 35.5. The van der Waals surface area contributed by atoms with Gasteiger partial charge in [0.05, 0.1) is 11.6 Å². The number of nitrogens with one attached hydrogen (secondary N) is 1. The molecule has 1 aliphatic rings. The molecule has 0 unspecified atom stereocenters. The molecule has 1 saturated heterocycles. The predicted octanol–water partition coefficient (Wildman–Crippen LogP) is 1.26. The number of hydrogen-bond donors (Lipinski definition) is 2. The molecule has 8 heteroatoms. The van der Waals surface area contributed by atoms with Gasteiger partial charge in [0, 0.05) is 45.0 Å². The number of anilines is 3. The molecule has 2 aromatic rings. The van der Waals surface area contributed by atoms with E-state index >= 15 is 0 Å². The Balaban J connectivity index is 1.64. The number of aromatic nitrogens is 3. The zero-order chi connectivity index (χ0) is 16.1. The number of aliphatic hydroxyl groups excluding tert-OH is 1. The summed E-state index contributed by atoms with van der Waals surface area (Å²) in [5.41, 5.74) is 0. The van der Waals surface area contributed by atoms with Crippen LogP contribution in [0.2, 0.25) is 5.02 Å². The van der Waals surface area contributed by atoms with Crippen LogP contribution in [-0.4, -0.2) is 59.4 Å². The first-order valence-electron chi connectivity index (χ1n) is 7.55. The number of piperazine rings is 1. The third-order valence-electron chi connectivity index (χ3n) is 3.71. The summed E-state index contributed by atoms with van der Waals surface area (Å²) in [5, 5.41) is 12.6. The molecule has 0 saturated carbocycles. The zero-order valence-electron chi connectivity index (χ0n) is 12.7. The van der Waals surface area contributed by atoms with Crippen molar-refractivity contribution < 1.29 is 5.11 Å².